The molecule has 1 saturated heterocycles. The van der Waals surface area contributed by atoms with Crippen LogP contribution in [0.2, 0.25) is 5.02 Å². The number of aromatic nitrogens is 1. The van der Waals surface area contributed by atoms with Crippen LogP contribution in [0, 0.1) is 10.1 Å². The molecule has 2 N–H and O–H groups in total. The van der Waals surface area contributed by atoms with Gasteiger partial charge in [-0.05, 0) is 73.1 Å². The van der Waals surface area contributed by atoms with Crippen molar-refractivity contribution in [1.82, 2.24) is 10.3 Å². The van der Waals surface area contributed by atoms with Crippen LogP contribution >= 0.6 is 23.8 Å². The molecule has 1 amide bonds. The Morgan fingerprint density at radius 3 is 2.59 bits per heavy atom. The van der Waals surface area contributed by atoms with Crippen LogP contribution in [0.25, 0.3) is 11.1 Å². The molecule has 2 heterocycles. The third-order valence-corrected chi connectivity index (χ3v) is 6.52. The zero-order chi connectivity index (χ0) is 25.9. The molecule has 0 unspecified atom stereocenters. The van der Waals surface area contributed by atoms with E-state index in [1.807, 2.05) is 29.2 Å². The Labute approximate surface area is 222 Å². The summed E-state index contributed by atoms with van der Waals surface area (Å²) in [6.07, 6.45) is 2.50. The number of nitrogens with zero attached hydrogens (tertiary/aromatic N) is 3. The third kappa shape index (κ3) is 5.71. The van der Waals surface area contributed by atoms with Crippen LogP contribution in [0.4, 0.5) is 17.1 Å². The Hall–Kier alpha value is -4.02. The zero-order valence-electron chi connectivity index (χ0n) is 19.6. The quantitative estimate of drug-likeness (QED) is 0.183. The fourth-order valence-corrected chi connectivity index (χ4v) is 4.62. The number of nitro groups is 1. The zero-order valence-corrected chi connectivity index (χ0v) is 21.1. The van der Waals surface area contributed by atoms with E-state index < -0.39 is 10.8 Å². The third-order valence-electron chi connectivity index (χ3n) is 6.07. The molecule has 0 spiro atoms. The lowest BCUT2D eigenvalue weighted by atomic mass is 10.1. The second-order valence-electron chi connectivity index (χ2n) is 8.66. The van der Waals surface area contributed by atoms with E-state index in [0.717, 1.165) is 31.5 Å². The lowest BCUT2D eigenvalue weighted by molar-refractivity contribution is -0.384. The van der Waals surface area contributed by atoms with E-state index in [1.165, 1.54) is 6.07 Å². The summed E-state index contributed by atoms with van der Waals surface area (Å²) in [5, 5.41) is 17.9. The molecule has 1 fully saturated rings. The summed E-state index contributed by atoms with van der Waals surface area (Å²) in [6.45, 7) is 1.53. The van der Waals surface area contributed by atoms with Crippen molar-refractivity contribution >= 4 is 63.0 Å². The molecule has 0 saturated carbocycles. The maximum Gasteiger partial charge on any atom is 0.293 e. The SMILES string of the molecule is O=C(NC(=S)Nc1ccc2oc(Cc3ccc(Cl)cc3)nc2c1)c1ccc(N2CCCC2)c([N+](=O)[O-])c1. The molecule has 0 atom stereocenters. The van der Waals surface area contributed by atoms with Gasteiger partial charge >= 0.3 is 0 Å². The maximum absolute atomic E-state index is 12.8. The van der Waals surface area contributed by atoms with Crippen LogP contribution in [0.5, 0.6) is 0 Å². The predicted octanol–water partition coefficient (Wildman–Crippen LogP) is 5.71. The molecule has 1 aromatic heterocycles. The fraction of sp³-hybridized carbons (Fsp3) is 0.192. The summed E-state index contributed by atoms with van der Waals surface area (Å²) in [6, 6.07) is 17.2. The summed E-state index contributed by atoms with van der Waals surface area (Å²) < 4.78 is 5.83. The first-order chi connectivity index (χ1) is 17.9. The van der Waals surface area contributed by atoms with E-state index >= 15 is 0 Å². The summed E-state index contributed by atoms with van der Waals surface area (Å²) in [7, 11) is 0. The predicted molar refractivity (Wildman–Crippen MR) is 146 cm³/mol. The van der Waals surface area contributed by atoms with E-state index in [1.54, 1.807) is 30.3 Å². The number of oxazole rings is 1. The highest BCUT2D eigenvalue weighted by molar-refractivity contribution is 7.80. The summed E-state index contributed by atoms with van der Waals surface area (Å²) in [4.78, 5) is 30.4. The molecular formula is C26H22ClN5O4S. The van der Waals surface area contributed by atoms with Crippen molar-refractivity contribution in [3.63, 3.8) is 0 Å². The molecule has 0 radical (unpaired) electrons. The van der Waals surface area contributed by atoms with Gasteiger partial charge < -0.3 is 14.6 Å². The van der Waals surface area contributed by atoms with Gasteiger partial charge in [-0.2, -0.15) is 0 Å². The van der Waals surface area contributed by atoms with Gasteiger partial charge in [0.25, 0.3) is 11.6 Å². The molecule has 3 aromatic carbocycles. The van der Waals surface area contributed by atoms with Crippen LogP contribution in [0.3, 0.4) is 0 Å². The van der Waals surface area contributed by atoms with Gasteiger partial charge in [-0.15, -0.1) is 0 Å². The van der Waals surface area contributed by atoms with Gasteiger partial charge in [0.05, 0.1) is 4.92 Å². The van der Waals surface area contributed by atoms with Crippen molar-refractivity contribution in [3.05, 3.63) is 92.8 Å². The van der Waals surface area contributed by atoms with E-state index in [-0.39, 0.29) is 16.4 Å². The van der Waals surface area contributed by atoms with Crippen LogP contribution < -0.4 is 15.5 Å². The first-order valence-corrected chi connectivity index (χ1v) is 12.4. The number of amides is 1. The number of thiocarbonyl (C=S) groups is 1. The number of hydrogen-bond acceptors (Lipinski definition) is 7. The number of carbonyl (C=O) groups excluding carboxylic acids is 1. The average molecular weight is 536 g/mol. The van der Waals surface area contributed by atoms with Crippen molar-refractivity contribution in [3.8, 4) is 0 Å². The molecular weight excluding hydrogens is 514 g/mol. The monoisotopic (exact) mass is 535 g/mol. The topological polar surface area (TPSA) is 114 Å². The minimum Gasteiger partial charge on any atom is -0.440 e. The molecule has 9 nitrogen and oxygen atoms in total. The van der Waals surface area contributed by atoms with Crippen LogP contribution in [-0.4, -0.2) is 34.0 Å². The second-order valence-corrected chi connectivity index (χ2v) is 9.50. The van der Waals surface area contributed by atoms with Crippen molar-refractivity contribution in [2.75, 3.05) is 23.3 Å². The largest absolute Gasteiger partial charge is 0.440 e. The number of carbonyl (C=O) groups is 1. The Morgan fingerprint density at radius 1 is 1.11 bits per heavy atom. The number of nitrogens with one attached hydrogen (secondary N) is 2. The van der Waals surface area contributed by atoms with Crippen molar-refractivity contribution < 1.29 is 14.1 Å². The fourth-order valence-electron chi connectivity index (χ4n) is 4.28. The van der Waals surface area contributed by atoms with Gasteiger partial charge in [-0.1, -0.05) is 23.7 Å². The van der Waals surface area contributed by atoms with Gasteiger partial charge in [0.2, 0.25) is 0 Å². The highest BCUT2D eigenvalue weighted by Gasteiger charge is 2.24. The Morgan fingerprint density at radius 2 is 1.86 bits per heavy atom. The first-order valence-electron chi connectivity index (χ1n) is 11.7. The second kappa shape index (κ2) is 10.5. The van der Waals surface area contributed by atoms with Crippen LogP contribution in [-0.2, 0) is 6.42 Å². The normalized spacial score (nSPS) is 13.1. The van der Waals surface area contributed by atoms with Gasteiger partial charge in [0.1, 0.15) is 11.2 Å². The highest BCUT2D eigenvalue weighted by atomic mass is 35.5. The molecule has 4 aromatic rings. The van der Waals surface area contributed by atoms with E-state index in [0.29, 0.717) is 39.8 Å². The lowest BCUT2D eigenvalue weighted by Gasteiger charge is -2.18. The van der Waals surface area contributed by atoms with Crippen LogP contribution in [0.1, 0.15) is 34.7 Å². The van der Waals surface area contributed by atoms with Crippen LogP contribution in [0.15, 0.2) is 65.1 Å². The Balaban J connectivity index is 1.25. The van der Waals surface area contributed by atoms with Crippen molar-refractivity contribution in [1.29, 1.82) is 0 Å². The molecule has 37 heavy (non-hydrogen) atoms. The Kier molecular flexibility index (Phi) is 7.02. The minimum absolute atomic E-state index is 0.0560. The van der Waals surface area contributed by atoms with Gasteiger partial charge in [-0.3, -0.25) is 20.2 Å². The van der Waals surface area contributed by atoms with Crippen molar-refractivity contribution in [2.45, 2.75) is 19.3 Å². The molecule has 188 valence electrons. The summed E-state index contributed by atoms with van der Waals surface area (Å²) in [5.74, 6) is 0.0191. The molecule has 0 aliphatic carbocycles. The first kappa shape index (κ1) is 24.7. The average Bonchev–Trinajstić information content (AvgIpc) is 3.54. The highest BCUT2D eigenvalue weighted by Crippen LogP contribution is 2.31. The Bertz CT molecular complexity index is 1500. The minimum atomic E-state index is -0.540. The summed E-state index contributed by atoms with van der Waals surface area (Å²) >= 11 is 11.2. The number of rotatable bonds is 6. The van der Waals surface area contributed by atoms with Gasteiger partial charge in [0, 0.05) is 41.9 Å². The number of halogens is 1. The van der Waals surface area contributed by atoms with Gasteiger partial charge in [0.15, 0.2) is 16.6 Å². The molecule has 1 aliphatic heterocycles. The number of hydrogen-bond donors (Lipinski definition) is 2. The standard InChI is InChI=1S/C26H22ClN5O4S/c27-18-6-3-16(4-7-18)13-24-29-20-15-19(8-10-23(20)36-24)28-26(37)30-25(33)17-5-9-21(22(14-17)32(34)35)31-11-1-2-12-31/h3-10,14-15H,1-2,11-13H2,(H2,28,30,33,37). The number of fused-ring (bicyclic) bond motifs is 1. The molecule has 1 aliphatic rings. The van der Waals surface area contributed by atoms with E-state index in [2.05, 4.69) is 15.6 Å². The summed E-state index contributed by atoms with van der Waals surface area (Å²) in [5.41, 5.74) is 3.46. The molecule has 11 heteroatoms. The number of nitro benzene ring substituents is 1. The molecule has 0 bridgehead atoms. The smallest absolute Gasteiger partial charge is 0.293 e. The lowest BCUT2D eigenvalue weighted by Crippen LogP contribution is -2.34. The molecule has 5 rings (SSSR count). The van der Waals surface area contributed by atoms with Gasteiger partial charge in [-0.25, -0.2) is 4.98 Å². The van der Waals surface area contributed by atoms with E-state index in [4.69, 9.17) is 28.2 Å². The number of benzene rings is 3. The maximum atomic E-state index is 12.8. The number of anilines is 2. The van der Waals surface area contributed by atoms with E-state index in [9.17, 15) is 14.9 Å². The van der Waals surface area contributed by atoms with Crippen molar-refractivity contribution in [2.24, 2.45) is 0 Å².